The third-order valence-corrected chi connectivity index (χ3v) is 2.11. The molecular weight excluding hydrogens is 247 g/mol. The molecule has 0 bridgehead atoms. The first-order valence-corrected chi connectivity index (χ1v) is 5.56. The van der Waals surface area contributed by atoms with Crippen molar-refractivity contribution in [2.45, 2.75) is 19.6 Å². The number of alkyl halides is 3. The summed E-state index contributed by atoms with van der Waals surface area (Å²) in [5.74, 6) is 0.473. The van der Waals surface area contributed by atoms with Crippen LogP contribution in [0.3, 0.4) is 0 Å². The molecule has 0 saturated heterocycles. The molecule has 0 fully saturated rings. The van der Waals surface area contributed by atoms with Gasteiger partial charge in [-0.3, -0.25) is 0 Å². The van der Waals surface area contributed by atoms with Crippen LogP contribution in [0.5, 0.6) is 11.5 Å². The summed E-state index contributed by atoms with van der Waals surface area (Å²) in [4.78, 5) is 0. The second-order valence-electron chi connectivity index (χ2n) is 3.61. The van der Waals surface area contributed by atoms with E-state index in [1.165, 1.54) is 0 Å². The number of benzene rings is 1. The van der Waals surface area contributed by atoms with E-state index in [1.54, 1.807) is 32.2 Å². The molecule has 18 heavy (non-hydrogen) atoms. The maximum absolute atomic E-state index is 12.2. The van der Waals surface area contributed by atoms with E-state index >= 15 is 0 Å². The number of hydrogen-bond acceptors (Lipinski definition) is 3. The van der Waals surface area contributed by atoms with Crippen LogP contribution in [0.25, 0.3) is 0 Å². The van der Waals surface area contributed by atoms with Gasteiger partial charge in [-0.25, -0.2) is 0 Å². The fraction of sp³-hybridized carbons (Fsp3) is 0.500. The van der Waals surface area contributed by atoms with Gasteiger partial charge < -0.3 is 14.8 Å². The molecule has 0 heterocycles. The van der Waals surface area contributed by atoms with E-state index in [0.717, 1.165) is 0 Å². The molecule has 1 aromatic carbocycles. The van der Waals surface area contributed by atoms with E-state index in [2.05, 4.69) is 5.32 Å². The van der Waals surface area contributed by atoms with Crippen molar-refractivity contribution in [3.8, 4) is 11.5 Å². The standard InChI is InChI=1S/C12H16F3NO2/c1-3-17-10-6-4-5-9(7-16-2)11(10)18-8-12(13,14)15/h4-6,16H,3,7-8H2,1-2H3. The molecular formula is C12H16F3NO2. The molecule has 0 aliphatic rings. The van der Waals surface area contributed by atoms with Gasteiger partial charge >= 0.3 is 6.18 Å². The zero-order chi connectivity index (χ0) is 13.6. The van der Waals surface area contributed by atoms with Crippen LogP contribution in [-0.4, -0.2) is 26.4 Å². The maximum atomic E-state index is 12.2. The summed E-state index contributed by atoms with van der Waals surface area (Å²) >= 11 is 0. The molecule has 0 aliphatic heterocycles. The van der Waals surface area contributed by atoms with E-state index in [-0.39, 0.29) is 5.75 Å². The minimum atomic E-state index is -4.36. The Morgan fingerprint density at radius 2 is 1.94 bits per heavy atom. The van der Waals surface area contributed by atoms with E-state index in [0.29, 0.717) is 24.5 Å². The number of para-hydroxylation sites is 1. The second kappa shape index (κ2) is 6.49. The molecule has 0 spiro atoms. The Balaban J connectivity index is 2.94. The van der Waals surface area contributed by atoms with Crippen LogP contribution in [0.4, 0.5) is 13.2 Å². The van der Waals surface area contributed by atoms with Crippen LogP contribution in [0.15, 0.2) is 18.2 Å². The van der Waals surface area contributed by atoms with Crippen molar-refractivity contribution in [2.24, 2.45) is 0 Å². The van der Waals surface area contributed by atoms with Gasteiger partial charge in [-0.05, 0) is 20.0 Å². The highest BCUT2D eigenvalue weighted by atomic mass is 19.4. The summed E-state index contributed by atoms with van der Waals surface area (Å²) in [7, 11) is 1.71. The first-order chi connectivity index (χ1) is 8.48. The summed E-state index contributed by atoms with van der Waals surface area (Å²) in [5.41, 5.74) is 0.632. The predicted octanol–water partition coefficient (Wildman–Crippen LogP) is 2.75. The van der Waals surface area contributed by atoms with E-state index in [1.807, 2.05) is 0 Å². The SMILES string of the molecule is CCOc1cccc(CNC)c1OCC(F)(F)F. The van der Waals surface area contributed by atoms with Crippen LogP contribution < -0.4 is 14.8 Å². The molecule has 3 nitrogen and oxygen atoms in total. The topological polar surface area (TPSA) is 30.5 Å². The largest absolute Gasteiger partial charge is 0.490 e. The Morgan fingerprint density at radius 1 is 1.22 bits per heavy atom. The molecule has 0 unspecified atom stereocenters. The molecule has 1 aromatic rings. The first kappa shape index (κ1) is 14.6. The van der Waals surface area contributed by atoms with Crippen molar-refractivity contribution in [1.82, 2.24) is 5.32 Å². The highest BCUT2D eigenvalue weighted by Gasteiger charge is 2.29. The number of nitrogens with one attached hydrogen (secondary N) is 1. The van der Waals surface area contributed by atoms with Crippen LogP contribution in [0.2, 0.25) is 0 Å². The lowest BCUT2D eigenvalue weighted by molar-refractivity contribution is -0.153. The fourth-order valence-corrected chi connectivity index (χ4v) is 1.48. The van der Waals surface area contributed by atoms with Crippen LogP contribution in [0, 0.1) is 0 Å². The lowest BCUT2D eigenvalue weighted by atomic mass is 10.2. The number of ether oxygens (including phenoxy) is 2. The minimum Gasteiger partial charge on any atom is -0.490 e. The van der Waals surface area contributed by atoms with Crippen molar-refractivity contribution in [3.05, 3.63) is 23.8 Å². The van der Waals surface area contributed by atoms with Crippen molar-refractivity contribution in [2.75, 3.05) is 20.3 Å². The van der Waals surface area contributed by atoms with Gasteiger partial charge in [0.2, 0.25) is 0 Å². The lowest BCUT2D eigenvalue weighted by Crippen LogP contribution is -2.20. The highest BCUT2D eigenvalue weighted by Crippen LogP contribution is 2.32. The van der Waals surface area contributed by atoms with Gasteiger partial charge in [-0.2, -0.15) is 13.2 Å². The highest BCUT2D eigenvalue weighted by molar-refractivity contribution is 5.46. The fourth-order valence-electron chi connectivity index (χ4n) is 1.48. The lowest BCUT2D eigenvalue weighted by Gasteiger charge is -2.16. The smallest absolute Gasteiger partial charge is 0.422 e. The number of hydrogen-bond donors (Lipinski definition) is 1. The van der Waals surface area contributed by atoms with E-state index in [9.17, 15) is 13.2 Å². The molecule has 0 atom stereocenters. The molecule has 0 aliphatic carbocycles. The van der Waals surface area contributed by atoms with Gasteiger partial charge in [-0.15, -0.1) is 0 Å². The summed E-state index contributed by atoms with van der Waals surface area (Å²) in [6.45, 7) is 1.21. The average molecular weight is 263 g/mol. The minimum absolute atomic E-state index is 0.144. The molecule has 102 valence electrons. The van der Waals surface area contributed by atoms with Gasteiger partial charge in [0.15, 0.2) is 18.1 Å². The zero-order valence-electron chi connectivity index (χ0n) is 10.3. The Bertz CT molecular complexity index is 356. The second-order valence-corrected chi connectivity index (χ2v) is 3.61. The van der Waals surface area contributed by atoms with Crippen molar-refractivity contribution in [1.29, 1.82) is 0 Å². The van der Waals surface area contributed by atoms with Gasteiger partial charge in [0.1, 0.15) is 0 Å². The molecule has 1 rings (SSSR count). The van der Waals surface area contributed by atoms with Gasteiger partial charge in [0.25, 0.3) is 0 Å². The Kier molecular flexibility index (Phi) is 5.27. The molecule has 6 heteroatoms. The molecule has 0 aromatic heterocycles. The average Bonchev–Trinajstić information content (AvgIpc) is 2.28. The Labute approximate surface area is 104 Å². The summed E-state index contributed by atoms with van der Waals surface area (Å²) in [5, 5.41) is 2.87. The van der Waals surface area contributed by atoms with Crippen molar-refractivity contribution >= 4 is 0 Å². The number of halogens is 3. The zero-order valence-corrected chi connectivity index (χ0v) is 10.3. The maximum Gasteiger partial charge on any atom is 0.422 e. The predicted molar refractivity (Wildman–Crippen MR) is 61.9 cm³/mol. The molecule has 0 radical (unpaired) electrons. The summed E-state index contributed by atoms with van der Waals surface area (Å²) in [6, 6.07) is 5.01. The van der Waals surface area contributed by atoms with Gasteiger partial charge in [0.05, 0.1) is 6.61 Å². The van der Waals surface area contributed by atoms with Gasteiger partial charge in [0, 0.05) is 12.1 Å². The monoisotopic (exact) mass is 263 g/mol. The van der Waals surface area contributed by atoms with Gasteiger partial charge in [-0.1, -0.05) is 12.1 Å². The van der Waals surface area contributed by atoms with Crippen LogP contribution in [0.1, 0.15) is 12.5 Å². The molecule has 0 saturated carbocycles. The van der Waals surface area contributed by atoms with E-state index in [4.69, 9.17) is 9.47 Å². The quantitative estimate of drug-likeness (QED) is 0.856. The molecule has 1 N–H and O–H groups in total. The summed E-state index contributed by atoms with van der Waals surface area (Å²) in [6.07, 6.45) is -4.36. The molecule has 0 amide bonds. The first-order valence-electron chi connectivity index (χ1n) is 5.56. The van der Waals surface area contributed by atoms with E-state index < -0.39 is 12.8 Å². The number of rotatable bonds is 6. The van der Waals surface area contributed by atoms with Crippen LogP contribution >= 0.6 is 0 Å². The third-order valence-electron chi connectivity index (χ3n) is 2.11. The Morgan fingerprint density at radius 3 is 2.50 bits per heavy atom. The Hall–Kier alpha value is -1.43. The summed E-state index contributed by atoms with van der Waals surface area (Å²) < 4.78 is 46.7. The van der Waals surface area contributed by atoms with Crippen molar-refractivity contribution < 1.29 is 22.6 Å². The third kappa shape index (κ3) is 4.44. The van der Waals surface area contributed by atoms with Crippen LogP contribution in [-0.2, 0) is 6.54 Å². The van der Waals surface area contributed by atoms with Crippen molar-refractivity contribution in [3.63, 3.8) is 0 Å². The normalized spacial score (nSPS) is 11.4.